The fourth-order valence-corrected chi connectivity index (χ4v) is 2.84. The van der Waals surface area contributed by atoms with E-state index in [2.05, 4.69) is 17.4 Å². The van der Waals surface area contributed by atoms with E-state index in [1.165, 1.54) is 5.56 Å². The first-order chi connectivity index (χ1) is 11.1. The molecule has 1 aliphatic rings. The number of aryl methyl sites for hydroxylation is 1. The van der Waals surface area contributed by atoms with Gasteiger partial charge in [0, 0.05) is 6.42 Å². The largest absolute Gasteiger partial charge is 0.497 e. The van der Waals surface area contributed by atoms with E-state index in [9.17, 15) is 14.7 Å². The number of rotatable bonds is 9. The Balaban J connectivity index is 1.61. The van der Waals surface area contributed by atoms with Crippen LogP contribution in [0.2, 0.25) is 0 Å². The topological polar surface area (TPSA) is 75.6 Å². The van der Waals surface area contributed by atoms with Gasteiger partial charge in [-0.2, -0.15) is 0 Å². The Bertz CT molecular complexity index is 534. The highest BCUT2D eigenvalue weighted by molar-refractivity contribution is 5.87. The molecule has 1 aromatic rings. The number of hydrogen-bond donors (Lipinski definition) is 2. The van der Waals surface area contributed by atoms with E-state index < -0.39 is 11.5 Å². The van der Waals surface area contributed by atoms with E-state index in [0.717, 1.165) is 37.9 Å². The Morgan fingerprint density at radius 3 is 2.39 bits per heavy atom. The molecule has 0 bridgehead atoms. The molecule has 5 nitrogen and oxygen atoms in total. The van der Waals surface area contributed by atoms with Gasteiger partial charge >= 0.3 is 5.97 Å². The SMILES string of the molecule is COc1ccc(CCCCCC(=O)NC2(C(=O)O)CCC2)cc1. The Labute approximate surface area is 137 Å². The van der Waals surface area contributed by atoms with Crippen LogP contribution < -0.4 is 10.1 Å². The van der Waals surface area contributed by atoms with Crippen molar-refractivity contribution in [1.82, 2.24) is 5.32 Å². The van der Waals surface area contributed by atoms with Gasteiger partial charge in [-0.3, -0.25) is 4.79 Å². The number of aliphatic carboxylic acids is 1. The van der Waals surface area contributed by atoms with E-state index in [-0.39, 0.29) is 5.91 Å². The van der Waals surface area contributed by atoms with Crippen molar-refractivity contribution in [3.05, 3.63) is 29.8 Å². The van der Waals surface area contributed by atoms with Crippen molar-refractivity contribution in [3.8, 4) is 5.75 Å². The number of methoxy groups -OCH3 is 1. The summed E-state index contributed by atoms with van der Waals surface area (Å²) in [6, 6.07) is 8.01. The lowest BCUT2D eigenvalue weighted by Gasteiger charge is -2.38. The Kier molecular flexibility index (Phi) is 6.02. The molecule has 0 saturated heterocycles. The summed E-state index contributed by atoms with van der Waals surface area (Å²) in [6.45, 7) is 0. The highest BCUT2D eigenvalue weighted by atomic mass is 16.5. The second-order valence-electron chi connectivity index (χ2n) is 6.20. The van der Waals surface area contributed by atoms with Crippen LogP contribution in [0.25, 0.3) is 0 Å². The van der Waals surface area contributed by atoms with Crippen LogP contribution in [0, 0.1) is 0 Å². The molecule has 1 aliphatic carbocycles. The van der Waals surface area contributed by atoms with Crippen molar-refractivity contribution in [2.75, 3.05) is 7.11 Å². The summed E-state index contributed by atoms with van der Waals surface area (Å²) >= 11 is 0. The molecule has 0 aromatic heterocycles. The minimum atomic E-state index is -0.986. The summed E-state index contributed by atoms with van der Waals surface area (Å²) in [5, 5.41) is 11.9. The molecule has 1 fully saturated rings. The lowest BCUT2D eigenvalue weighted by atomic mass is 9.76. The van der Waals surface area contributed by atoms with Gasteiger partial charge in [-0.25, -0.2) is 4.79 Å². The molecule has 2 N–H and O–H groups in total. The van der Waals surface area contributed by atoms with E-state index in [1.54, 1.807) is 7.11 Å². The second kappa shape index (κ2) is 7.99. The molecular weight excluding hydrogens is 294 g/mol. The van der Waals surface area contributed by atoms with Crippen molar-refractivity contribution in [2.45, 2.75) is 56.9 Å². The lowest BCUT2D eigenvalue weighted by Crippen LogP contribution is -2.59. The van der Waals surface area contributed by atoms with Crippen molar-refractivity contribution < 1.29 is 19.4 Å². The Morgan fingerprint density at radius 2 is 1.87 bits per heavy atom. The van der Waals surface area contributed by atoms with Crippen LogP contribution in [0.15, 0.2) is 24.3 Å². The fraction of sp³-hybridized carbons (Fsp3) is 0.556. The molecule has 23 heavy (non-hydrogen) atoms. The first-order valence-corrected chi connectivity index (χ1v) is 8.23. The van der Waals surface area contributed by atoms with Crippen molar-refractivity contribution in [2.24, 2.45) is 0 Å². The maximum absolute atomic E-state index is 11.9. The zero-order valence-electron chi connectivity index (χ0n) is 13.6. The minimum Gasteiger partial charge on any atom is -0.497 e. The van der Waals surface area contributed by atoms with Gasteiger partial charge in [-0.1, -0.05) is 18.6 Å². The van der Waals surface area contributed by atoms with Crippen molar-refractivity contribution in [3.63, 3.8) is 0 Å². The third-order valence-electron chi connectivity index (χ3n) is 4.52. The lowest BCUT2D eigenvalue weighted by molar-refractivity contribution is -0.151. The van der Waals surface area contributed by atoms with Gasteiger partial charge < -0.3 is 15.2 Å². The number of nitrogens with one attached hydrogen (secondary N) is 1. The van der Waals surface area contributed by atoms with Crippen LogP contribution in [-0.4, -0.2) is 29.6 Å². The van der Waals surface area contributed by atoms with E-state index >= 15 is 0 Å². The molecular formula is C18H25NO4. The number of carbonyl (C=O) groups is 2. The number of hydrogen-bond acceptors (Lipinski definition) is 3. The average Bonchev–Trinajstić information content (AvgIpc) is 2.51. The summed E-state index contributed by atoms with van der Waals surface area (Å²) in [4.78, 5) is 23.1. The summed E-state index contributed by atoms with van der Waals surface area (Å²) in [5.41, 5.74) is 0.273. The van der Waals surface area contributed by atoms with Crippen LogP contribution in [0.5, 0.6) is 5.75 Å². The van der Waals surface area contributed by atoms with E-state index in [0.29, 0.717) is 19.3 Å². The van der Waals surface area contributed by atoms with Crippen LogP contribution >= 0.6 is 0 Å². The standard InChI is InChI=1S/C18H25NO4/c1-23-15-10-8-14(9-11-15)6-3-2-4-7-16(20)19-18(17(21)22)12-5-13-18/h8-11H,2-7,12-13H2,1H3,(H,19,20)(H,21,22). The third kappa shape index (κ3) is 4.71. The van der Waals surface area contributed by atoms with Crippen molar-refractivity contribution >= 4 is 11.9 Å². The van der Waals surface area contributed by atoms with Gasteiger partial charge in [0.25, 0.3) is 0 Å². The van der Waals surface area contributed by atoms with Gasteiger partial charge in [0.05, 0.1) is 7.11 Å². The maximum atomic E-state index is 11.9. The molecule has 126 valence electrons. The third-order valence-corrected chi connectivity index (χ3v) is 4.52. The number of unbranched alkanes of at least 4 members (excludes halogenated alkanes) is 2. The fourth-order valence-electron chi connectivity index (χ4n) is 2.84. The average molecular weight is 319 g/mol. The van der Waals surface area contributed by atoms with Crippen molar-refractivity contribution in [1.29, 1.82) is 0 Å². The Hall–Kier alpha value is -2.04. The molecule has 0 aliphatic heterocycles. The Morgan fingerprint density at radius 1 is 1.17 bits per heavy atom. The molecule has 1 amide bonds. The predicted molar refractivity (Wildman–Crippen MR) is 87.5 cm³/mol. The zero-order valence-corrected chi connectivity index (χ0v) is 13.6. The minimum absolute atomic E-state index is 0.142. The quantitative estimate of drug-likeness (QED) is 0.686. The van der Waals surface area contributed by atoms with E-state index in [4.69, 9.17) is 4.74 Å². The highest BCUT2D eigenvalue weighted by Crippen LogP contribution is 2.32. The number of carboxylic acid groups (broad SMARTS) is 1. The molecule has 1 saturated carbocycles. The summed E-state index contributed by atoms with van der Waals surface area (Å²) < 4.78 is 5.12. The number of carbonyl (C=O) groups excluding carboxylic acids is 1. The molecule has 0 unspecified atom stereocenters. The highest BCUT2D eigenvalue weighted by Gasteiger charge is 2.45. The van der Waals surface area contributed by atoms with Gasteiger partial charge in [-0.15, -0.1) is 0 Å². The van der Waals surface area contributed by atoms with Gasteiger partial charge in [-0.05, 0) is 56.2 Å². The van der Waals surface area contributed by atoms with Crippen LogP contribution in [0.1, 0.15) is 50.5 Å². The predicted octanol–water partition coefficient (Wildman–Crippen LogP) is 2.92. The number of carboxylic acids is 1. The van der Waals surface area contributed by atoms with Gasteiger partial charge in [0.2, 0.25) is 5.91 Å². The first kappa shape index (κ1) is 17.3. The van der Waals surface area contributed by atoms with Crippen LogP contribution in [0.3, 0.4) is 0 Å². The summed E-state index contributed by atoms with van der Waals surface area (Å²) in [6.07, 6.45) is 6.11. The molecule has 0 heterocycles. The number of benzene rings is 1. The maximum Gasteiger partial charge on any atom is 0.329 e. The molecule has 0 radical (unpaired) electrons. The molecule has 2 rings (SSSR count). The normalized spacial score (nSPS) is 15.5. The van der Waals surface area contributed by atoms with Crippen LogP contribution in [0.4, 0.5) is 0 Å². The summed E-state index contributed by atoms with van der Waals surface area (Å²) in [5.74, 6) is -0.193. The molecule has 1 aromatic carbocycles. The monoisotopic (exact) mass is 319 g/mol. The van der Waals surface area contributed by atoms with Gasteiger partial charge in [0.15, 0.2) is 0 Å². The molecule has 0 atom stereocenters. The smallest absolute Gasteiger partial charge is 0.329 e. The number of amides is 1. The van der Waals surface area contributed by atoms with Crippen LogP contribution in [-0.2, 0) is 16.0 Å². The first-order valence-electron chi connectivity index (χ1n) is 8.23. The number of ether oxygens (including phenoxy) is 1. The summed E-state index contributed by atoms with van der Waals surface area (Å²) in [7, 11) is 1.65. The second-order valence-corrected chi connectivity index (χ2v) is 6.20. The zero-order chi connectivity index (χ0) is 16.7. The molecule has 0 spiro atoms. The van der Waals surface area contributed by atoms with Gasteiger partial charge in [0.1, 0.15) is 11.3 Å². The van der Waals surface area contributed by atoms with E-state index in [1.807, 2.05) is 12.1 Å². The molecule has 5 heteroatoms.